The second-order valence-electron chi connectivity index (χ2n) is 5.42. The van der Waals surface area contributed by atoms with Crippen molar-refractivity contribution in [3.05, 3.63) is 52.0 Å². The van der Waals surface area contributed by atoms with Crippen LogP contribution in [-0.4, -0.2) is 23.4 Å². The predicted octanol–water partition coefficient (Wildman–Crippen LogP) is 3.85. The van der Waals surface area contributed by atoms with Crippen LogP contribution >= 0.6 is 22.7 Å². The zero-order valence-electron chi connectivity index (χ0n) is 13.4. The number of nitrogens with one attached hydrogen (secondary N) is 2. The van der Waals surface area contributed by atoms with Crippen molar-refractivity contribution < 1.29 is 14.3 Å². The first-order valence-corrected chi connectivity index (χ1v) is 9.48. The molecule has 2 aromatic heterocycles. The van der Waals surface area contributed by atoms with Crippen molar-refractivity contribution in [3.63, 3.8) is 0 Å². The fraction of sp³-hybridized carbons (Fsp3) is 0.0556. The number of fused-ring (bicyclic) bond motifs is 1. The second kappa shape index (κ2) is 7.11. The van der Waals surface area contributed by atoms with Gasteiger partial charge in [-0.1, -0.05) is 6.07 Å². The molecule has 0 unspecified atom stereocenters. The Hall–Kier alpha value is -2.97. The maximum absolute atomic E-state index is 12.0. The van der Waals surface area contributed by atoms with Gasteiger partial charge in [-0.25, -0.2) is 4.98 Å². The number of carbonyl (C=O) groups is 2. The van der Waals surface area contributed by atoms with Crippen LogP contribution in [0.25, 0.3) is 17.3 Å². The number of rotatable bonds is 4. The zero-order chi connectivity index (χ0) is 17.9. The van der Waals surface area contributed by atoms with E-state index in [0.717, 1.165) is 16.1 Å². The predicted molar refractivity (Wildman–Crippen MR) is 104 cm³/mol. The van der Waals surface area contributed by atoms with E-state index in [1.54, 1.807) is 23.5 Å². The number of ether oxygens (including phenoxy) is 1. The lowest BCUT2D eigenvalue weighted by Crippen LogP contribution is -2.25. The van der Waals surface area contributed by atoms with Crippen LogP contribution in [0.15, 0.2) is 47.2 Å². The summed E-state index contributed by atoms with van der Waals surface area (Å²) in [4.78, 5) is 28.9. The van der Waals surface area contributed by atoms with Crippen molar-refractivity contribution in [2.75, 3.05) is 17.2 Å². The highest BCUT2D eigenvalue weighted by Crippen LogP contribution is 2.33. The van der Waals surface area contributed by atoms with Gasteiger partial charge >= 0.3 is 0 Å². The summed E-state index contributed by atoms with van der Waals surface area (Å²) < 4.78 is 5.35. The van der Waals surface area contributed by atoms with Crippen LogP contribution < -0.4 is 15.4 Å². The Labute approximate surface area is 157 Å². The summed E-state index contributed by atoms with van der Waals surface area (Å²) in [5, 5.41) is 9.85. The Bertz CT molecular complexity index is 993. The van der Waals surface area contributed by atoms with Crippen molar-refractivity contribution in [2.24, 2.45) is 0 Å². The molecule has 0 fully saturated rings. The van der Waals surface area contributed by atoms with Crippen LogP contribution in [0.1, 0.15) is 4.88 Å². The van der Waals surface area contributed by atoms with Crippen molar-refractivity contribution in [1.29, 1.82) is 0 Å². The minimum Gasteiger partial charge on any atom is -0.482 e. The van der Waals surface area contributed by atoms with E-state index >= 15 is 0 Å². The van der Waals surface area contributed by atoms with Crippen LogP contribution in [0.5, 0.6) is 5.75 Å². The average Bonchev–Trinajstić information content (AvgIpc) is 3.31. The quantitative estimate of drug-likeness (QED) is 0.671. The second-order valence-corrected chi connectivity index (χ2v) is 7.26. The molecule has 0 saturated carbocycles. The number of benzene rings is 1. The third kappa shape index (κ3) is 3.66. The molecule has 26 heavy (non-hydrogen) atoms. The van der Waals surface area contributed by atoms with Gasteiger partial charge in [-0.05, 0) is 35.7 Å². The van der Waals surface area contributed by atoms with E-state index in [0.29, 0.717) is 16.6 Å². The lowest BCUT2D eigenvalue weighted by atomic mass is 10.1. The Morgan fingerprint density at radius 2 is 2.23 bits per heavy atom. The largest absolute Gasteiger partial charge is 0.482 e. The Morgan fingerprint density at radius 3 is 3.08 bits per heavy atom. The third-order valence-electron chi connectivity index (χ3n) is 3.58. The molecular weight excluding hydrogens is 370 g/mol. The Balaban J connectivity index is 1.47. The van der Waals surface area contributed by atoms with Crippen LogP contribution in [0.2, 0.25) is 0 Å². The molecule has 0 aliphatic carbocycles. The molecule has 8 heteroatoms. The topological polar surface area (TPSA) is 80.3 Å². The molecule has 130 valence electrons. The van der Waals surface area contributed by atoms with Crippen LogP contribution in [0, 0.1) is 0 Å². The first-order chi connectivity index (χ1) is 12.7. The molecule has 1 aromatic carbocycles. The lowest BCUT2D eigenvalue weighted by Gasteiger charge is -2.18. The Kier molecular flexibility index (Phi) is 4.51. The summed E-state index contributed by atoms with van der Waals surface area (Å²) >= 11 is 2.91. The van der Waals surface area contributed by atoms with Gasteiger partial charge < -0.3 is 10.1 Å². The highest BCUT2D eigenvalue weighted by Gasteiger charge is 2.17. The standard InChI is InChI=1S/C18H13N3O3S2/c22-16(6-4-12-2-1-7-25-12)21-18-20-14(10-26-18)11-3-5-15-13(8-11)19-17(23)9-24-15/h1-8,10H,9H2,(H,19,23)(H,20,21,22)/b6-4+. The van der Waals surface area contributed by atoms with E-state index in [9.17, 15) is 9.59 Å². The maximum Gasteiger partial charge on any atom is 0.262 e. The smallest absolute Gasteiger partial charge is 0.262 e. The maximum atomic E-state index is 12.0. The first-order valence-electron chi connectivity index (χ1n) is 7.72. The fourth-order valence-electron chi connectivity index (χ4n) is 2.40. The molecule has 3 aromatic rings. The van der Waals surface area contributed by atoms with Crippen molar-refractivity contribution in [2.45, 2.75) is 0 Å². The number of carbonyl (C=O) groups excluding carboxylic acids is 2. The third-order valence-corrected chi connectivity index (χ3v) is 5.18. The van der Waals surface area contributed by atoms with Crippen LogP contribution in [0.4, 0.5) is 10.8 Å². The van der Waals surface area contributed by atoms with E-state index in [1.165, 1.54) is 17.4 Å². The van der Waals surface area contributed by atoms with Crippen molar-refractivity contribution in [1.82, 2.24) is 4.98 Å². The number of hydrogen-bond acceptors (Lipinski definition) is 6. The minimum atomic E-state index is -0.231. The molecule has 2 amide bonds. The number of anilines is 2. The number of hydrogen-bond donors (Lipinski definition) is 2. The van der Waals surface area contributed by atoms with E-state index in [-0.39, 0.29) is 18.4 Å². The first kappa shape index (κ1) is 16.5. The average molecular weight is 383 g/mol. The molecule has 0 spiro atoms. The summed E-state index contributed by atoms with van der Waals surface area (Å²) in [7, 11) is 0. The number of nitrogens with zero attached hydrogens (tertiary/aromatic N) is 1. The Morgan fingerprint density at radius 1 is 1.31 bits per heavy atom. The summed E-state index contributed by atoms with van der Waals surface area (Å²) in [6.07, 6.45) is 3.25. The van der Waals surface area contributed by atoms with Gasteiger partial charge in [0.2, 0.25) is 5.91 Å². The van der Waals surface area contributed by atoms with Crippen LogP contribution in [0.3, 0.4) is 0 Å². The summed E-state index contributed by atoms with van der Waals surface area (Å²) in [5.74, 6) is 0.222. The molecule has 0 radical (unpaired) electrons. The van der Waals surface area contributed by atoms with Gasteiger partial charge in [0.1, 0.15) is 5.75 Å². The molecular formula is C18H13N3O3S2. The molecule has 1 aliphatic rings. The zero-order valence-corrected chi connectivity index (χ0v) is 15.0. The van der Waals surface area contributed by atoms with Crippen molar-refractivity contribution >= 4 is 51.4 Å². The van der Waals surface area contributed by atoms with E-state index in [4.69, 9.17) is 4.74 Å². The number of aromatic nitrogens is 1. The summed E-state index contributed by atoms with van der Waals surface area (Å²) in [6, 6.07) is 9.35. The van der Waals surface area contributed by atoms with Gasteiger partial charge in [-0.3, -0.25) is 14.9 Å². The summed E-state index contributed by atoms with van der Waals surface area (Å²) in [5.41, 5.74) is 2.17. The number of amides is 2. The monoisotopic (exact) mass is 383 g/mol. The highest BCUT2D eigenvalue weighted by molar-refractivity contribution is 7.14. The minimum absolute atomic E-state index is 0.0260. The van der Waals surface area contributed by atoms with E-state index in [1.807, 2.05) is 35.0 Å². The number of thiophene rings is 1. The number of thiazole rings is 1. The summed E-state index contributed by atoms with van der Waals surface area (Å²) in [6.45, 7) is 0.0260. The van der Waals surface area contributed by atoms with Gasteiger partial charge in [0.15, 0.2) is 11.7 Å². The van der Waals surface area contributed by atoms with Crippen molar-refractivity contribution in [3.8, 4) is 17.0 Å². The molecule has 6 nitrogen and oxygen atoms in total. The SMILES string of the molecule is O=C(/C=C/c1cccs1)Nc1nc(-c2ccc3c(c2)NC(=O)CO3)cs1. The van der Waals surface area contributed by atoms with E-state index < -0.39 is 0 Å². The van der Waals surface area contributed by atoms with Gasteiger partial charge in [-0.2, -0.15) is 0 Å². The van der Waals surface area contributed by atoms with Gasteiger partial charge in [-0.15, -0.1) is 22.7 Å². The van der Waals surface area contributed by atoms with Crippen LogP contribution in [-0.2, 0) is 9.59 Å². The highest BCUT2D eigenvalue weighted by atomic mass is 32.1. The normalized spacial score (nSPS) is 13.2. The molecule has 3 heterocycles. The molecule has 0 saturated heterocycles. The molecule has 0 atom stereocenters. The molecule has 2 N–H and O–H groups in total. The van der Waals surface area contributed by atoms with E-state index in [2.05, 4.69) is 15.6 Å². The molecule has 4 rings (SSSR count). The van der Waals surface area contributed by atoms with Gasteiger partial charge in [0.05, 0.1) is 11.4 Å². The fourth-order valence-corrected chi connectivity index (χ4v) is 3.74. The van der Waals surface area contributed by atoms with Gasteiger partial charge in [0.25, 0.3) is 5.91 Å². The van der Waals surface area contributed by atoms with Gasteiger partial charge in [0, 0.05) is 21.9 Å². The molecule has 1 aliphatic heterocycles. The molecule has 0 bridgehead atoms. The lowest BCUT2D eigenvalue weighted by molar-refractivity contribution is -0.118.